The smallest absolute Gasteiger partial charge is 0.129 e. The molecule has 6 heteroatoms. The van der Waals surface area contributed by atoms with Crippen LogP contribution >= 0.6 is 0 Å². The van der Waals surface area contributed by atoms with Crippen molar-refractivity contribution in [2.45, 2.75) is 32.2 Å². The monoisotopic (exact) mass is 364 g/mol. The molecule has 0 bridgehead atoms. The van der Waals surface area contributed by atoms with E-state index in [1.807, 2.05) is 12.4 Å². The van der Waals surface area contributed by atoms with Crippen molar-refractivity contribution in [2.24, 2.45) is 5.92 Å². The van der Waals surface area contributed by atoms with Gasteiger partial charge >= 0.3 is 0 Å². The first kappa shape index (κ1) is 16.6. The number of aliphatic hydroxyl groups excluding tert-OH is 1. The number of imidazole rings is 1. The lowest BCUT2D eigenvalue weighted by Crippen LogP contribution is -2.37. The number of fused-ring (bicyclic) bond motifs is 4. The maximum atomic E-state index is 10.4. The van der Waals surface area contributed by atoms with Gasteiger partial charge in [-0.15, -0.1) is 0 Å². The van der Waals surface area contributed by atoms with Crippen molar-refractivity contribution in [3.05, 3.63) is 53.3 Å². The molecular weight excluding hydrogens is 340 g/mol. The van der Waals surface area contributed by atoms with Crippen molar-refractivity contribution in [2.75, 3.05) is 19.0 Å². The molecule has 2 aliphatic rings. The summed E-state index contributed by atoms with van der Waals surface area (Å²) in [4.78, 5) is 4.63. The molecule has 140 valence electrons. The molecule has 3 atom stereocenters. The van der Waals surface area contributed by atoms with Gasteiger partial charge in [0.15, 0.2) is 0 Å². The normalized spacial score (nSPS) is 23.7. The molecule has 3 N–H and O–H groups in total. The first-order valence-corrected chi connectivity index (χ1v) is 9.44. The molecule has 1 aromatic heterocycles. The predicted molar refractivity (Wildman–Crippen MR) is 105 cm³/mol. The van der Waals surface area contributed by atoms with Crippen molar-refractivity contribution in [3.8, 4) is 5.75 Å². The molecule has 0 spiro atoms. The first-order valence-electron chi connectivity index (χ1n) is 9.44. The molecule has 3 heterocycles. The number of methoxy groups -OCH3 is 1. The van der Waals surface area contributed by atoms with Gasteiger partial charge in [-0.2, -0.15) is 0 Å². The van der Waals surface area contributed by atoms with Crippen LogP contribution in [0.3, 0.4) is 0 Å². The highest BCUT2D eigenvalue weighted by molar-refractivity contribution is 5.82. The Morgan fingerprint density at radius 2 is 2.19 bits per heavy atom. The maximum Gasteiger partial charge on any atom is 0.129 e. The quantitative estimate of drug-likeness (QED) is 0.667. The molecule has 2 aromatic carbocycles. The topological polar surface area (TPSA) is 71.3 Å². The summed E-state index contributed by atoms with van der Waals surface area (Å²) >= 11 is 0. The predicted octanol–water partition coefficient (Wildman–Crippen LogP) is 2.80. The van der Waals surface area contributed by atoms with Gasteiger partial charge in [-0.05, 0) is 54.8 Å². The molecule has 0 unspecified atom stereocenters. The second-order valence-corrected chi connectivity index (χ2v) is 7.58. The van der Waals surface area contributed by atoms with Gasteiger partial charge in [0.25, 0.3) is 0 Å². The van der Waals surface area contributed by atoms with Crippen molar-refractivity contribution in [3.63, 3.8) is 0 Å². The zero-order valence-corrected chi connectivity index (χ0v) is 15.6. The third-order valence-corrected chi connectivity index (χ3v) is 5.92. The Morgan fingerprint density at radius 3 is 3.00 bits per heavy atom. The molecule has 5 rings (SSSR count). The lowest BCUT2D eigenvalue weighted by molar-refractivity contribution is 0.119. The number of rotatable bonds is 3. The third kappa shape index (κ3) is 2.67. The van der Waals surface area contributed by atoms with Crippen LogP contribution in [0.5, 0.6) is 5.75 Å². The van der Waals surface area contributed by atoms with Crippen LogP contribution in [-0.4, -0.2) is 34.5 Å². The number of anilines is 1. The molecule has 2 aliphatic heterocycles. The van der Waals surface area contributed by atoms with E-state index in [4.69, 9.17) is 4.74 Å². The molecule has 1 fully saturated rings. The highest BCUT2D eigenvalue weighted by atomic mass is 16.5. The van der Waals surface area contributed by atoms with Crippen LogP contribution in [0.1, 0.15) is 29.2 Å². The number of aryl methyl sites for hydroxylation is 1. The zero-order valence-electron chi connectivity index (χ0n) is 15.6. The minimum Gasteiger partial charge on any atom is -0.496 e. The number of nitrogens with zero attached hydrogens (tertiary/aromatic N) is 2. The minimum atomic E-state index is -0.504. The Labute approximate surface area is 158 Å². The van der Waals surface area contributed by atoms with E-state index in [0.29, 0.717) is 0 Å². The molecule has 0 amide bonds. The summed E-state index contributed by atoms with van der Waals surface area (Å²) in [7, 11) is 1.69. The summed E-state index contributed by atoms with van der Waals surface area (Å²) in [6.07, 6.45) is 2.38. The summed E-state index contributed by atoms with van der Waals surface area (Å²) in [6.45, 7) is 3.74. The maximum absolute atomic E-state index is 10.4. The molecular formula is C21H24N4O2. The molecule has 3 aromatic rings. The van der Waals surface area contributed by atoms with Crippen LogP contribution in [0.25, 0.3) is 11.0 Å². The number of aromatic nitrogens is 2. The lowest BCUT2D eigenvalue weighted by Gasteiger charge is -2.33. The van der Waals surface area contributed by atoms with Crippen LogP contribution in [0, 0.1) is 12.8 Å². The number of hydrogen-bond acceptors (Lipinski definition) is 5. The molecule has 6 nitrogen and oxygen atoms in total. The minimum absolute atomic E-state index is 0.204. The Hall–Kier alpha value is -2.57. The molecule has 0 radical (unpaired) electrons. The number of ether oxygens (including phenoxy) is 1. The van der Waals surface area contributed by atoms with E-state index in [9.17, 15) is 5.11 Å². The van der Waals surface area contributed by atoms with Crippen LogP contribution in [0.4, 0.5) is 5.69 Å². The van der Waals surface area contributed by atoms with Crippen LogP contribution in [0.2, 0.25) is 0 Å². The zero-order chi connectivity index (χ0) is 18.5. The Kier molecular flexibility index (Phi) is 3.84. The Balaban J connectivity index is 1.52. The Morgan fingerprint density at radius 1 is 1.30 bits per heavy atom. The van der Waals surface area contributed by atoms with Gasteiger partial charge < -0.3 is 25.0 Å². The average Bonchev–Trinajstić information content (AvgIpc) is 3.29. The van der Waals surface area contributed by atoms with Crippen LogP contribution in [0.15, 0.2) is 36.7 Å². The second kappa shape index (κ2) is 6.25. The average molecular weight is 364 g/mol. The number of benzene rings is 2. The van der Waals surface area contributed by atoms with Crippen molar-refractivity contribution in [1.82, 2.24) is 14.9 Å². The van der Waals surface area contributed by atoms with Gasteiger partial charge in [0.2, 0.25) is 0 Å². The second-order valence-electron chi connectivity index (χ2n) is 7.58. The summed E-state index contributed by atoms with van der Waals surface area (Å²) in [5, 5.41) is 17.3. The van der Waals surface area contributed by atoms with Crippen molar-refractivity contribution >= 4 is 16.7 Å². The van der Waals surface area contributed by atoms with E-state index < -0.39 is 6.23 Å². The molecule has 1 saturated heterocycles. The number of hydrogen-bond donors (Lipinski definition) is 3. The fourth-order valence-electron chi connectivity index (χ4n) is 4.54. The van der Waals surface area contributed by atoms with Gasteiger partial charge in [-0.3, -0.25) is 0 Å². The van der Waals surface area contributed by atoms with E-state index in [1.54, 1.807) is 7.11 Å². The van der Waals surface area contributed by atoms with E-state index >= 15 is 0 Å². The Bertz CT molecular complexity index is 1010. The van der Waals surface area contributed by atoms with Crippen molar-refractivity contribution in [1.29, 1.82) is 0 Å². The first-order chi connectivity index (χ1) is 13.1. The summed E-state index contributed by atoms with van der Waals surface area (Å²) in [5.74, 6) is 1.12. The number of nitrogens with one attached hydrogen (secondary N) is 2. The van der Waals surface area contributed by atoms with Gasteiger partial charge in [-0.1, -0.05) is 12.1 Å². The SMILES string of the molecule is COc1ccc(Cn2cnc3cc4c(cc32)N[C@@H](O)[C@@H]2CCN[C@H]42)cc1C. The van der Waals surface area contributed by atoms with E-state index in [2.05, 4.69) is 51.4 Å². The van der Waals surface area contributed by atoms with Crippen LogP contribution in [-0.2, 0) is 6.54 Å². The van der Waals surface area contributed by atoms with Gasteiger partial charge in [0, 0.05) is 24.2 Å². The molecule has 0 aliphatic carbocycles. The number of aliphatic hydroxyl groups is 1. The van der Waals surface area contributed by atoms with Crippen LogP contribution < -0.4 is 15.4 Å². The molecule has 0 saturated carbocycles. The largest absolute Gasteiger partial charge is 0.496 e. The van der Waals surface area contributed by atoms with E-state index in [0.717, 1.165) is 47.5 Å². The summed E-state index contributed by atoms with van der Waals surface area (Å²) < 4.78 is 7.51. The standard InChI is InChI=1S/C21H24N4O2/c1-12-7-13(3-4-19(12)27-2)10-25-11-23-17-8-15-16(9-18(17)25)24-21(26)14-5-6-22-20(14)15/h3-4,7-9,11,14,20-22,24,26H,5-6,10H2,1-2H3/t14-,20+,21+/m1/s1. The van der Waals surface area contributed by atoms with Gasteiger partial charge in [-0.25, -0.2) is 4.98 Å². The third-order valence-electron chi connectivity index (χ3n) is 5.92. The lowest BCUT2D eigenvalue weighted by atomic mass is 9.87. The molecule has 27 heavy (non-hydrogen) atoms. The van der Waals surface area contributed by atoms with E-state index in [-0.39, 0.29) is 12.0 Å². The van der Waals surface area contributed by atoms with Gasteiger partial charge in [0.1, 0.15) is 12.0 Å². The fourth-order valence-corrected chi connectivity index (χ4v) is 4.54. The fraction of sp³-hybridized carbons (Fsp3) is 0.381. The van der Waals surface area contributed by atoms with Crippen molar-refractivity contribution < 1.29 is 9.84 Å². The summed E-state index contributed by atoms with van der Waals surface area (Å²) in [6, 6.07) is 10.7. The highest BCUT2D eigenvalue weighted by Crippen LogP contribution is 2.42. The highest BCUT2D eigenvalue weighted by Gasteiger charge is 2.39. The van der Waals surface area contributed by atoms with Gasteiger partial charge in [0.05, 0.1) is 24.5 Å². The summed E-state index contributed by atoms with van der Waals surface area (Å²) in [5.41, 5.74) is 6.60. The van der Waals surface area contributed by atoms with E-state index in [1.165, 1.54) is 11.1 Å².